The predicted molar refractivity (Wildman–Crippen MR) is 131 cm³/mol. The number of nitro groups is 1. The van der Waals surface area contributed by atoms with Crippen molar-refractivity contribution in [1.29, 1.82) is 0 Å². The molecular weight excluding hydrogens is 460 g/mol. The Balaban J connectivity index is 1.66. The highest BCUT2D eigenvalue weighted by atomic mass is 35.5. The molecule has 3 aromatic carbocycles. The number of amides is 3. The Morgan fingerprint density at radius 2 is 1.71 bits per heavy atom. The van der Waals surface area contributed by atoms with Crippen LogP contribution in [0, 0.1) is 10.1 Å². The molecule has 176 valence electrons. The number of carbonyl (C=O) groups is 2. The van der Waals surface area contributed by atoms with Crippen molar-refractivity contribution in [3.05, 3.63) is 93.5 Å². The molecular formula is C24H23ClN4O5. The number of carbonyl (C=O) groups excluding carboxylic acids is 2. The van der Waals surface area contributed by atoms with E-state index in [1.165, 1.54) is 29.2 Å². The molecule has 0 unspecified atom stereocenters. The van der Waals surface area contributed by atoms with Crippen LogP contribution < -0.4 is 20.3 Å². The minimum atomic E-state index is -0.508. The molecule has 0 heterocycles. The summed E-state index contributed by atoms with van der Waals surface area (Å²) in [4.78, 5) is 37.2. The van der Waals surface area contributed by atoms with Crippen LogP contribution in [0.4, 0.5) is 21.9 Å². The Bertz CT molecular complexity index is 1150. The smallest absolute Gasteiger partial charge is 0.326 e. The molecule has 0 aliphatic carbocycles. The summed E-state index contributed by atoms with van der Waals surface area (Å²) >= 11 is 6.06. The zero-order valence-corrected chi connectivity index (χ0v) is 19.1. The van der Waals surface area contributed by atoms with Gasteiger partial charge in [0, 0.05) is 36.6 Å². The highest BCUT2D eigenvalue weighted by molar-refractivity contribution is 6.33. The predicted octanol–water partition coefficient (Wildman–Crippen LogP) is 5.12. The third-order valence-electron chi connectivity index (χ3n) is 4.92. The Labute approximate surface area is 201 Å². The van der Waals surface area contributed by atoms with Gasteiger partial charge in [0.15, 0.2) is 0 Å². The van der Waals surface area contributed by atoms with E-state index < -0.39 is 11.0 Å². The third kappa shape index (κ3) is 6.46. The number of ether oxygens (including phenoxy) is 1. The lowest BCUT2D eigenvalue weighted by Crippen LogP contribution is -2.37. The number of rotatable bonds is 9. The highest BCUT2D eigenvalue weighted by Gasteiger charge is 2.17. The van der Waals surface area contributed by atoms with E-state index in [2.05, 4.69) is 10.6 Å². The number of urea groups is 1. The third-order valence-corrected chi connectivity index (χ3v) is 5.25. The van der Waals surface area contributed by atoms with Crippen molar-refractivity contribution >= 4 is 40.6 Å². The lowest BCUT2D eigenvalue weighted by Gasteiger charge is -2.23. The summed E-state index contributed by atoms with van der Waals surface area (Å²) < 4.78 is 5.18. The van der Waals surface area contributed by atoms with Gasteiger partial charge in [0.05, 0.1) is 22.6 Å². The Kier molecular flexibility index (Phi) is 8.42. The molecule has 0 spiro atoms. The van der Waals surface area contributed by atoms with Crippen LogP contribution in [0.5, 0.6) is 5.75 Å². The van der Waals surface area contributed by atoms with Crippen LogP contribution in [0.1, 0.15) is 16.8 Å². The Hall–Kier alpha value is -4.11. The quantitative estimate of drug-likeness (QED) is 0.250. The van der Waals surface area contributed by atoms with Gasteiger partial charge in [-0.1, -0.05) is 23.7 Å². The van der Waals surface area contributed by atoms with E-state index in [1.54, 1.807) is 55.6 Å². The number of hydrogen-bond acceptors (Lipinski definition) is 5. The minimum absolute atomic E-state index is 0.0701. The second-order valence-electron chi connectivity index (χ2n) is 7.17. The summed E-state index contributed by atoms with van der Waals surface area (Å²) in [6, 6.07) is 18.9. The molecule has 0 bridgehead atoms. The van der Waals surface area contributed by atoms with E-state index in [1.807, 2.05) is 0 Å². The van der Waals surface area contributed by atoms with Gasteiger partial charge >= 0.3 is 6.03 Å². The van der Waals surface area contributed by atoms with Crippen LogP contribution in [-0.4, -0.2) is 37.1 Å². The molecule has 0 aromatic heterocycles. The van der Waals surface area contributed by atoms with Crippen molar-refractivity contribution in [2.45, 2.75) is 6.42 Å². The van der Waals surface area contributed by atoms with E-state index in [9.17, 15) is 19.7 Å². The maximum absolute atomic E-state index is 13.0. The molecule has 0 saturated heterocycles. The standard InChI is InChI=1S/C24H23ClN4O5/c1-34-20-13-11-18(12-14-20)28(24(31)27-17-7-9-19(10-8-17)29(32)33)16-4-15-26-23(30)21-5-2-3-6-22(21)25/h2-3,5-14H,4,15-16H2,1H3,(H,26,30)(H,27,31). The number of methoxy groups -OCH3 is 1. The van der Waals surface area contributed by atoms with Gasteiger partial charge in [0.2, 0.25) is 0 Å². The van der Waals surface area contributed by atoms with Crippen molar-refractivity contribution in [2.24, 2.45) is 0 Å². The summed E-state index contributed by atoms with van der Waals surface area (Å²) in [7, 11) is 1.55. The van der Waals surface area contributed by atoms with E-state index in [-0.39, 0.29) is 11.6 Å². The van der Waals surface area contributed by atoms with Crippen LogP contribution in [0.25, 0.3) is 0 Å². The number of hydrogen-bond donors (Lipinski definition) is 2. The zero-order chi connectivity index (χ0) is 24.5. The maximum atomic E-state index is 13.0. The van der Waals surface area contributed by atoms with Gasteiger partial charge in [-0.2, -0.15) is 0 Å². The topological polar surface area (TPSA) is 114 Å². The molecule has 0 atom stereocenters. The second kappa shape index (κ2) is 11.7. The van der Waals surface area contributed by atoms with Crippen molar-refractivity contribution in [3.63, 3.8) is 0 Å². The normalized spacial score (nSPS) is 10.3. The summed E-state index contributed by atoms with van der Waals surface area (Å²) in [6.07, 6.45) is 0.468. The number of anilines is 2. The SMILES string of the molecule is COc1ccc(N(CCCNC(=O)c2ccccc2Cl)C(=O)Nc2ccc([N+](=O)[O-])cc2)cc1. The van der Waals surface area contributed by atoms with Crippen LogP contribution in [0.3, 0.4) is 0 Å². The number of nitro benzene ring substituents is 1. The number of benzene rings is 3. The van der Waals surface area contributed by atoms with Gasteiger partial charge in [-0.05, 0) is 55.0 Å². The lowest BCUT2D eigenvalue weighted by molar-refractivity contribution is -0.384. The molecule has 3 aromatic rings. The molecule has 0 aliphatic heterocycles. The van der Waals surface area contributed by atoms with Crippen LogP contribution >= 0.6 is 11.6 Å². The van der Waals surface area contributed by atoms with Gasteiger partial charge in [0.25, 0.3) is 11.6 Å². The fourth-order valence-electron chi connectivity index (χ4n) is 3.15. The zero-order valence-electron chi connectivity index (χ0n) is 18.4. The fraction of sp³-hybridized carbons (Fsp3) is 0.167. The van der Waals surface area contributed by atoms with Crippen molar-refractivity contribution < 1.29 is 19.2 Å². The van der Waals surface area contributed by atoms with Gasteiger partial charge in [-0.3, -0.25) is 19.8 Å². The molecule has 0 aliphatic rings. The summed E-state index contributed by atoms with van der Waals surface area (Å²) in [5, 5.41) is 16.8. The van der Waals surface area contributed by atoms with Gasteiger partial charge in [0.1, 0.15) is 5.75 Å². The average Bonchev–Trinajstić information content (AvgIpc) is 2.84. The first-order valence-corrected chi connectivity index (χ1v) is 10.8. The summed E-state index contributed by atoms with van der Waals surface area (Å²) in [6.45, 7) is 0.621. The van der Waals surface area contributed by atoms with Crippen LogP contribution in [0.2, 0.25) is 5.02 Å². The summed E-state index contributed by atoms with van der Waals surface area (Å²) in [5.74, 6) is 0.350. The number of non-ortho nitro benzene ring substituents is 1. The monoisotopic (exact) mass is 482 g/mol. The van der Waals surface area contributed by atoms with Crippen molar-refractivity contribution in [3.8, 4) is 5.75 Å². The number of nitrogens with one attached hydrogen (secondary N) is 2. The second-order valence-corrected chi connectivity index (χ2v) is 7.58. The summed E-state index contributed by atoms with van der Waals surface area (Å²) in [5.41, 5.74) is 1.35. The molecule has 0 saturated carbocycles. The number of nitrogens with zero attached hydrogens (tertiary/aromatic N) is 2. The van der Waals surface area contributed by atoms with Gasteiger partial charge in [-0.25, -0.2) is 4.79 Å². The average molecular weight is 483 g/mol. The first-order chi connectivity index (χ1) is 16.4. The minimum Gasteiger partial charge on any atom is -0.497 e. The Morgan fingerprint density at radius 3 is 2.32 bits per heavy atom. The molecule has 3 amide bonds. The largest absolute Gasteiger partial charge is 0.497 e. The highest BCUT2D eigenvalue weighted by Crippen LogP contribution is 2.22. The molecule has 9 nitrogen and oxygen atoms in total. The van der Waals surface area contributed by atoms with Crippen LogP contribution in [0.15, 0.2) is 72.8 Å². The first-order valence-electron chi connectivity index (χ1n) is 10.4. The molecule has 2 N–H and O–H groups in total. The lowest BCUT2D eigenvalue weighted by atomic mass is 10.2. The van der Waals surface area contributed by atoms with Crippen LogP contribution in [-0.2, 0) is 0 Å². The molecule has 34 heavy (non-hydrogen) atoms. The van der Waals surface area contributed by atoms with Gasteiger partial charge < -0.3 is 15.4 Å². The first kappa shape index (κ1) is 24.5. The van der Waals surface area contributed by atoms with Crippen molar-refractivity contribution in [2.75, 3.05) is 30.4 Å². The van der Waals surface area contributed by atoms with Gasteiger partial charge in [-0.15, -0.1) is 0 Å². The molecule has 0 radical (unpaired) electrons. The molecule has 3 rings (SSSR count). The number of halogens is 1. The molecule has 0 fully saturated rings. The van der Waals surface area contributed by atoms with Crippen molar-refractivity contribution in [1.82, 2.24) is 5.32 Å². The molecule has 10 heteroatoms. The van der Waals surface area contributed by atoms with E-state index in [0.717, 1.165) is 0 Å². The van der Waals surface area contributed by atoms with E-state index >= 15 is 0 Å². The fourth-order valence-corrected chi connectivity index (χ4v) is 3.37. The van der Waals surface area contributed by atoms with E-state index in [0.29, 0.717) is 47.2 Å². The van der Waals surface area contributed by atoms with E-state index in [4.69, 9.17) is 16.3 Å². The maximum Gasteiger partial charge on any atom is 0.326 e. The Morgan fingerprint density at radius 1 is 1.03 bits per heavy atom.